The van der Waals surface area contributed by atoms with Crippen molar-refractivity contribution in [3.05, 3.63) is 28.5 Å². The molecule has 0 amide bonds. The van der Waals surface area contributed by atoms with Gasteiger partial charge in [0.1, 0.15) is 5.76 Å². The van der Waals surface area contributed by atoms with E-state index in [1.807, 2.05) is 17.5 Å². The van der Waals surface area contributed by atoms with Gasteiger partial charge >= 0.3 is 0 Å². The Morgan fingerprint density at radius 2 is 2.50 bits per heavy atom. The van der Waals surface area contributed by atoms with Gasteiger partial charge in [-0.1, -0.05) is 6.07 Å². The van der Waals surface area contributed by atoms with Gasteiger partial charge in [-0.2, -0.15) is 0 Å². The predicted molar refractivity (Wildman–Crippen MR) is 54.5 cm³/mol. The lowest BCUT2D eigenvalue weighted by Crippen LogP contribution is -1.92. The molecule has 1 rings (SSSR count). The van der Waals surface area contributed by atoms with Gasteiger partial charge < -0.3 is 9.84 Å². The zero-order chi connectivity index (χ0) is 8.97. The van der Waals surface area contributed by atoms with Crippen LogP contribution in [0.25, 0.3) is 5.76 Å². The van der Waals surface area contributed by atoms with E-state index in [0.29, 0.717) is 0 Å². The molecular formula is C8H8O2S2. The molecule has 0 atom stereocenters. The molecule has 0 aromatic carbocycles. The summed E-state index contributed by atoms with van der Waals surface area (Å²) >= 11 is 6.20. The third-order valence-electron chi connectivity index (χ3n) is 1.23. The summed E-state index contributed by atoms with van der Waals surface area (Å²) in [5.74, 6) is 0.150. The van der Waals surface area contributed by atoms with Crippen molar-refractivity contribution in [1.82, 2.24) is 0 Å². The average Bonchev–Trinajstić information content (AvgIpc) is 2.56. The molecule has 0 unspecified atom stereocenters. The highest BCUT2D eigenvalue weighted by atomic mass is 32.1. The number of ether oxygens (including phenoxy) is 1. The molecule has 12 heavy (non-hydrogen) atoms. The summed E-state index contributed by atoms with van der Waals surface area (Å²) in [4.78, 5) is 0.786. The Bertz CT molecular complexity index is 288. The Hall–Kier alpha value is -0.870. The number of thiophene rings is 1. The van der Waals surface area contributed by atoms with E-state index in [1.165, 1.54) is 24.5 Å². The van der Waals surface area contributed by atoms with Crippen LogP contribution >= 0.6 is 23.6 Å². The second-order valence-corrected chi connectivity index (χ2v) is 3.38. The molecule has 0 spiro atoms. The largest absolute Gasteiger partial charge is 0.506 e. The van der Waals surface area contributed by atoms with E-state index in [-0.39, 0.29) is 10.8 Å². The summed E-state index contributed by atoms with van der Waals surface area (Å²) in [6.45, 7) is 0. The van der Waals surface area contributed by atoms with Gasteiger partial charge in [0.15, 0.2) is 5.05 Å². The van der Waals surface area contributed by atoms with Gasteiger partial charge in [0, 0.05) is 6.08 Å². The first-order valence-electron chi connectivity index (χ1n) is 3.26. The smallest absolute Gasteiger partial charge is 0.187 e. The molecule has 1 heterocycles. The first-order valence-corrected chi connectivity index (χ1v) is 4.55. The molecule has 1 aromatic heterocycles. The van der Waals surface area contributed by atoms with Crippen molar-refractivity contribution in [2.24, 2.45) is 0 Å². The lowest BCUT2D eigenvalue weighted by molar-refractivity contribution is 0.416. The van der Waals surface area contributed by atoms with Gasteiger partial charge in [0.25, 0.3) is 0 Å². The number of hydrogen-bond donors (Lipinski definition) is 1. The van der Waals surface area contributed by atoms with Crippen LogP contribution in [0.15, 0.2) is 23.6 Å². The maximum atomic E-state index is 9.41. The molecule has 0 bridgehead atoms. The quantitative estimate of drug-likeness (QED) is 0.452. The van der Waals surface area contributed by atoms with E-state index >= 15 is 0 Å². The molecule has 0 radical (unpaired) electrons. The molecular weight excluding hydrogens is 192 g/mol. The van der Waals surface area contributed by atoms with Crippen LogP contribution in [0.3, 0.4) is 0 Å². The summed E-state index contributed by atoms with van der Waals surface area (Å²) in [5.41, 5.74) is 0. The molecule has 0 aliphatic heterocycles. The summed E-state index contributed by atoms with van der Waals surface area (Å²) in [6.07, 6.45) is 1.42. The molecule has 0 fully saturated rings. The molecule has 0 aliphatic carbocycles. The zero-order valence-corrected chi connectivity index (χ0v) is 8.11. The fraction of sp³-hybridized carbons (Fsp3) is 0.125. The van der Waals surface area contributed by atoms with Crippen LogP contribution in [0.4, 0.5) is 0 Å². The van der Waals surface area contributed by atoms with Crippen LogP contribution in [-0.2, 0) is 4.74 Å². The molecule has 1 aromatic rings. The molecule has 1 N–H and O–H groups in total. The Labute approximate surface area is 80.1 Å². The maximum absolute atomic E-state index is 9.41. The monoisotopic (exact) mass is 200 g/mol. The van der Waals surface area contributed by atoms with E-state index in [1.54, 1.807) is 0 Å². The first kappa shape index (κ1) is 9.22. The highest BCUT2D eigenvalue weighted by Crippen LogP contribution is 2.17. The highest BCUT2D eigenvalue weighted by molar-refractivity contribution is 7.80. The summed E-state index contributed by atoms with van der Waals surface area (Å²) < 4.78 is 4.72. The van der Waals surface area contributed by atoms with Crippen LogP contribution in [0.5, 0.6) is 0 Å². The fourth-order valence-electron chi connectivity index (χ4n) is 0.666. The van der Waals surface area contributed by atoms with E-state index in [0.717, 1.165) is 4.88 Å². The van der Waals surface area contributed by atoms with Gasteiger partial charge in [-0.25, -0.2) is 0 Å². The van der Waals surface area contributed by atoms with Gasteiger partial charge in [-0.3, -0.25) is 0 Å². The van der Waals surface area contributed by atoms with Crippen LogP contribution < -0.4 is 0 Å². The molecule has 0 aliphatic rings. The van der Waals surface area contributed by atoms with Crippen LogP contribution in [0.2, 0.25) is 0 Å². The van der Waals surface area contributed by atoms with Crippen molar-refractivity contribution in [3.8, 4) is 0 Å². The number of aliphatic hydroxyl groups is 1. The average molecular weight is 200 g/mol. The van der Waals surface area contributed by atoms with Crippen molar-refractivity contribution in [3.63, 3.8) is 0 Å². The number of methoxy groups -OCH3 is 1. The highest BCUT2D eigenvalue weighted by Gasteiger charge is 2.00. The summed E-state index contributed by atoms with van der Waals surface area (Å²) in [7, 11) is 1.47. The molecule has 0 saturated carbocycles. The Morgan fingerprint density at radius 3 is 3.00 bits per heavy atom. The lowest BCUT2D eigenvalue weighted by atomic mass is 10.4. The van der Waals surface area contributed by atoms with Gasteiger partial charge in [-0.05, 0) is 23.7 Å². The normalized spacial score (nSPS) is 11.2. The van der Waals surface area contributed by atoms with Crippen molar-refractivity contribution >= 4 is 34.4 Å². The standard InChI is InChI=1S/C8H8O2S2/c1-10-8(11)5-6(9)7-3-2-4-12-7/h2-5,9H,1H3/b6-5-. The maximum Gasteiger partial charge on any atom is 0.187 e. The SMILES string of the molecule is COC(=S)/C=C(\O)c1cccs1. The van der Waals surface area contributed by atoms with Crippen LogP contribution in [-0.4, -0.2) is 17.3 Å². The van der Waals surface area contributed by atoms with Crippen molar-refractivity contribution < 1.29 is 9.84 Å². The number of rotatable bonds is 2. The van der Waals surface area contributed by atoms with E-state index < -0.39 is 0 Å². The molecule has 0 saturated heterocycles. The summed E-state index contributed by atoms with van der Waals surface area (Å²) in [5, 5.41) is 11.6. The molecule has 4 heteroatoms. The predicted octanol–water partition coefficient (Wildman–Crippen LogP) is 2.62. The minimum Gasteiger partial charge on any atom is -0.506 e. The van der Waals surface area contributed by atoms with Crippen molar-refractivity contribution in [2.45, 2.75) is 0 Å². The van der Waals surface area contributed by atoms with Gasteiger partial charge in [-0.15, -0.1) is 11.3 Å². The number of aliphatic hydroxyl groups excluding tert-OH is 1. The Kier molecular flexibility index (Phi) is 3.25. The van der Waals surface area contributed by atoms with Crippen LogP contribution in [0, 0.1) is 0 Å². The summed E-state index contributed by atoms with van der Waals surface area (Å²) in [6, 6.07) is 3.68. The zero-order valence-electron chi connectivity index (χ0n) is 6.48. The minimum atomic E-state index is 0.150. The second kappa shape index (κ2) is 4.23. The topological polar surface area (TPSA) is 29.5 Å². The second-order valence-electron chi connectivity index (χ2n) is 2.03. The van der Waals surface area contributed by atoms with E-state index in [4.69, 9.17) is 17.0 Å². The molecule has 2 nitrogen and oxygen atoms in total. The lowest BCUT2D eigenvalue weighted by Gasteiger charge is -1.96. The van der Waals surface area contributed by atoms with Crippen molar-refractivity contribution in [1.29, 1.82) is 0 Å². The fourth-order valence-corrected chi connectivity index (χ4v) is 1.42. The van der Waals surface area contributed by atoms with E-state index in [9.17, 15) is 5.11 Å². The third-order valence-corrected chi connectivity index (χ3v) is 2.41. The molecule has 64 valence electrons. The first-order chi connectivity index (χ1) is 5.74. The number of hydrogen-bond acceptors (Lipinski definition) is 4. The van der Waals surface area contributed by atoms with Crippen molar-refractivity contribution in [2.75, 3.05) is 7.11 Å². The van der Waals surface area contributed by atoms with Gasteiger partial charge in [0.2, 0.25) is 0 Å². The van der Waals surface area contributed by atoms with Gasteiger partial charge in [0.05, 0.1) is 12.0 Å². The van der Waals surface area contributed by atoms with E-state index in [2.05, 4.69) is 0 Å². The third kappa shape index (κ3) is 2.32. The van der Waals surface area contributed by atoms with Crippen LogP contribution in [0.1, 0.15) is 4.88 Å². The Balaban J connectivity index is 2.77. The number of thiocarbonyl (C=S) groups is 1. The minimum absolute atomic E-state index is 0.150. The Morgan fingerprint density at radius 1 is 1.75 bits per heavy atom.